The lowest BCUT2D eigenvalue weighted by Crippen LogP contribution is -1.93. The van der Waals surface area contributed by atoms with Gasteiger partial charge in [-0.25, -0.2) is 4.98 Å². The molecular weight excluding hydrogens is 234 g/mol. The van der Waals surface area contributed by atoms with E-state index in [1.807, 2.05) is 6.07 Å². The van der Waals surface area contributed by atoms with Gasteiger partial charge in [-0.05, 0) is 12.1 Å². The highest BCUT2D eigenvalue weighted by atomic mass is 16.6. The van der Waals surface area contributed by atoms with Crippen molar-refractivity contribution >= 4 is 5.69 Å². The third-order valence-electron chi connectivity index (χ3n) is 2.14. The molecule has 0 spiro atoms. The van der Waals surface area contributed by atoms with E-state index in [0.29, 0.717) is 5.75 Å². The minimum atomic E-state index is -0.526. The zero-order valence-electron chi connectivity index (χ0n) is 9.11. The normalized spacial score (nSPS) is 9.50. The highest BCUT2D eigenvalue weighted by Crippen LogP contribution is 2.30. The minimum Gasteiger partial charge on any atom is -0.450 e. The molecule has 0 fully saturated rings. The fourth-order valence-electron chi connectivity index (χ4n) is 1.36. The van der Waals surface area contributed by atoms with Gasteiger partial charge >= 0.3 is 5.69 Å². The third kappa shape index (κ3) is 2.41. The number of hydrogen-bond acceptors (Lipinski definition) is 5. The quantitative estimate of drug-likeness (QED) is 0.608. The van der Waals surface area contributed by atoms with Crippen molar-refractivity contribution in [2.24, 2.45) is 0 Å². The van der Waals surface area contributed by atoms with Crippen LogP contribution in [0.3, 0.4) is 0 Å². The predicted octanol–water partition coefficient (Wildman–Crippen LogP) is 2.65. The monoisotopic (exact) mass is 241 g/mol. The summed E-state index contributed by atoms with van der Waals surface area (Å²) >= 11 is 0. The van der Waals surface area contributed by atoms with Gasteiger partial charge in [-0.1, -0.05) is 12.1 Å². The van der Waals surface area contributed by atoms with Crippen LogP contribution in [-0.4, -0.2) is 9.91 Å². The van der Waals surface area contributed by atoms with Crippen LogP contribution < -0.4 is 4.74 Å². The van der Waals surface area contributed by atoms with Gasteiger partial charge < -0.3 is 4.74 Å². The lowest BCUT2D eigenvalue weighted by atomic mass is 10.3. The Labute approximate surface area is 102 Å². The molecule has 2 rings (SSSR count). The fourth-order valence-corrected chi connectivity index (χ4v) is 1.36. The first-order valence-corrected chi connectivity index (χ1v) is 4.98. The molecule has 6 heteroatoms. The maximum Gasteiger partial charge on any atom is 0.311 e. The predicted molar refractivity (Wildman–Crippen MR) is 62.1 cm³/mol. The lowest BCUT2D eigenvalue weighted by molar-refractivity contribution is -0.385. The molecule has 0 saturated carbocycles. The Balaban J connectivity index is 2.34. The Morgan fingerprint density at radius 3 is 2.83 bits per heavy atom. The third-order valence-corrected chi connectivity index (χ3v) is 2.14. The van der Waals surface area contributed by atoms with Gasteiger partial charge in [0.25, 0.3) is 0 Å². The number of para-hydroxylation sites is 2. The van der Waals surface area contributed by atoms with E-state index in [1.54, 1.807) is 12.1 Å². The highest BCUT2D eigenvalue weighted by molar-refractivity contribution is 5.48. The first-order chi connectivity index (χ1) is 8.70. The SMILES string of the molecule is N#Cc1cc(Oc2ccccc2[N+](=O)[O-])ccn1. The number of pyridine rings is 1. The average molecular weight is 241 g/mol. The molecule has 0 aliphatic rings. The number of nitro benzene ring substituents is 1. The molecule has 1 aromatic carbocycles. The zero-order valence-corrected chi connectivity index (χ0v) is 9.11. The van der Waals surface area contributed by atoms with E-state index in [4.69, 9.17) is 10.00 Å². The number of rotatable bonds is 3. The van der Waals surface area contributed by atoms with E-state index < -0.39 is 4.92 Å². The van der Waals surface area contributed by atoms with Crippen LogP contribution in [0, 0.1) is 21.4 Å². The summed E-state index contributed by atoms with van der Waals surface area (Å²) in [6.45, 7) is 0. The van der Waals surface area contributed by atoms with Gasteiger partial charge in [-0.3, -0.25) is 10.1 Å². The van der Waals surface area contributed by atoms with Crippen molar-refractivity contribution in [1.82, 2.24) is 4.98 Å². The van der Waals surface area contributed by atoms with Gasteiger partial charge in [0, 0.05) is 18.3 Å². The van der Waals surface area contributed by atoms with E-state index in [0.717, 1.165) is 0 Å². The van der Waals surface area contributed by atoms with Crippen molar-refractivity contribution in [3.05, 3.63) is 58.4 Å². The molecule has 0 aliphatic carbocycles. The topological polar surface area (TPSA) is 89.0 Å². The maximum atomic E-state index is 10.8. The summed E-state index contributed by atoms with van der Waals surface area (Å²) in [7, 11) is 0. The van der Waals surface area contributed by atoms with Crippen LogP contribution >= 0.6 is 0 Å². The van der Waals surface area contributed by atoms with Crippen LogP contribution in [0.4, 0.5) is 5.69 Å². The number of benzene rings is 1. The number of ether oxygens (including phenoxy) is 1. The van der Waals surface area contributed by atoms with Crippen LogP contribution in [-0.2, 0) is 0 Å². The van der Waals surface area contributed by atoms with Crippen molar-refractivity contribution in [1.29, 1.82) is 5.26 Å². The average Bonchev–Trinajstić information content (AvgIpc) is 2.39. The van der Waals surface area contributed by atoms with E-state index in [-0.39, 0.29) is 17.1 Å². The Hall–Kier alpha value is -2.94. The number of aromatic nitrogens is 1. The number of nitriles is 1. The molecule has 1 heterocycles. The Morgan fingerprint density at radius 1 is 1.33 bits per heavy atom. The molecule has 2 aromatic rings. The Morgan fingerprint density at radius 2 is 2.11 bits per heavy atom. The van der Waals surface area contributed by atoms with Crippen LogP contribution in [0.2, 0.25) is 0 Å². The molecule has 0 saturated heterocycles. The summed E-state index contributed by atoms with van der Waals surface area (Å²) in [4.78, 5) is 14.1. The molecule has 88 valence electrons. The van der Waals surface area contributed by atoms with Crippen LogP contribution in [0.25, 0.3) is 0 Å². The second-order valence-corrected chi connectivity index (χ2v) is 3.32. The van der Waals surface area contributed by atoms with Crippen LogP contribution in [0.5, 0.6) is 11.5 Å². The summed E-state index contributed by atoms with van der Waals surface area (Å²) in [6.07, 6.45) is 1.41. The second-order valence-electron chi connectivity index (χ2n) is 3.32. The largest absolute Gasteiger partial charge is 0.450 e. The van der Waals surface area contributed by atoms with Gasteiger partial charge in [-0.2, -0.15) is 5.26 Å². The molecule has 18 heavy (non-hydrogen) atoms. The number of nitrogens with zero attached hydrogens (tertiary/aromatic N) is 3. The number of nitro groups is 1. The molecule has 6 nitrogen and oxygen atoms in total. The van der Waals surface area contributed by atoms with Gasteiger partial charge in [0.1, 0.15) is 17.5 Å². The number of hydrogen-bond donors (Lipinski definition) is 0. The van der Waals surface area contributed by atoms with Gasteiger partial charge in [0.15, 0.2) is 0 Å². The fraction of sp³-hybridized carbons (Fsp3) is 0. The van der Waals surface area contributed by atoms with E-state index in [2.05, 4.69) is 4.98 Å². The molecular formula is C12H7N3O3. The first kappa shape index (κ1) is 11.5. The molecule has 0 atom stereocenters. The second kappa shape index (κ2) is 4.93. The summed E-state index contributed by atoms with van der Waals surface area (Å²) in [5.41, 5.74) is 0.0545. The molecule has 0 radical (unpaired) electrons. The summed E-state index contributed by atoms with van der Waals surface area (Å²) in [5.74, 6) is 0.452. The molecule has 0 N–H and O–H groups in total. The summed E-state index contributed by atoms with van der Waals surface area (Å²) < 4.78 is 5.38. The molecule has 0 unspecified atom stereocenters. The van der Waals surface area contributed by atoms with Crippen LogP contribution in [0.1, 0.15) is 5.69 Å². The Kier molecular flexibility index (Phi) is 3.16. The minimum absolute atomic E-state index is 0.123. The summed E-state index contributed by atoms with van der Waals surface area (Å²) in [5, 5.41) is 19.5. The van der Waals surface area contributed by atoms with Gasteiger partial charge in [0.05, 0.1) is 4.92 Å². The van der Waals surface area contributed by atoms with Crippen molar-refractivity contribution in [3.8, 4) is 17.6 Å². The molecule has 0 bridgehead atoms. The first-order valence-electron chi connectivity index (χ1n) is 4.98. The smallest absolute Gasteiger partial charge is 0.311 e. The maximum absolute atomic E-state index is 10.8. The van der Waals surface area contributed by atoms with Crippen molar-refractivity contribution in [3.63, 3.8) is 0 Å². The van der Waals surface area contributed by atoms with E-state index in [1.165, 1.54) is 30.5 Å². The summed E-state index contributed by atoms with van der Waals surface area (Å²) in [6, 6.07) is 10.8. The molecule has 0 amide bonds. The highest BCUT2D eigenvalue weighted by Gasteiger charge is 2.14. The van der Waals surface area contributed by atoms with Crippen molar-refractivity contribution in [2.45, 2.75) is 0 Å². The molecule has 0 aliphatic heterocycles. The Bertz CT molecular complexity index is 634. The van der Waals surface area contributed by atoms with Gasteiger partial charge in [0.2, 0.25) is 5.75 Å². The standard InChI is InChI=1S/C12H7N3O3/c13-8-9-7-10(5-6-14-9)18-12-4-2-1-3-11(12)15(16)17/h1-7H. The molecule has 1 aromatic heterocycles. The lowest BCUT2D eigenvalue weighted by Gasteiger charge is -2.05. The zero-order chi connectivity index (χ0) is 13.0. The van der Waals surface area contributed by atoms with Gasteiger partial charge in [-0.15, -0.1) is 0 Å². The van der Waals surface area contributed by atoms with E-state index >= 15 is 0 Å². The van der Waals surface area contributed by atoms with Crippen LogP contribution in [0.15, 0.2) is 42.6 Å². The van der Waals surface area contributed by atoms with Crippen molar-refractivity contribution < 1.29 is 9.66 Å². The van der Waals surface area contributed by atoms with E-state index in [9.17, 15) is 10.1 Å². The van der Waals surface area contributed by atoms with Crippen molar-refractivity contribution in [2.75, 3.05) is 0 Å².